The van der Waals surface area contributed by atoms with E-state index < -0.39 is 15.9 Å². The van der Waals surface area contributed by atoms with Crippen LogP contribution in [0, 0.1) is 6.92 Å². The van der Waals surface area contributed by atoms with Crippen molar-refractivity contribution in [1.82, 2.24) is 4.31 Å². The first-order valence-electron chi connectivity index (χ1n) is 9.15. The summed E-state index contributed by atoms with van der Waals surface area (Å²) in [5, 5.41) is 3.21. The molecule has 0 atom stereocenters. The van der Waals surface area contributed by atoms with Crippen molar-refractivity contribution in [1.29, 1.82) is 0 Å². The highest BCUT2D eigenvalue weighted by atomic mass is 35.5. The van der Waals surface area contributed by atoms with Crippen molar-refractivity contribution in [2.75, 3.05) is 19.4 Å². The van der Waals surface area contributed by atoms with Crippen molar-refractivity contribution in [2.45, 2.75) is 11.8 Å². The molecule has 1 amide bonds. The monoisotopic (exact) mass is 478 g/mol. The van der Waals surface area contributed by atoms with Crippen molar-refractivity contribution < 1.29 is 17.9 Å². The molecule has 3 rings (SSSR count). The van der Waals surface area contributed by atoms with Gasteiger partial charge in [-0.25, -0.2) is 12.7 Å². The lowest BCUT2D eigenvalue weighted by atomic mass is 10.2. The Morgan fingerprint density at radius 3 is 2.29 bits per heavy atom. The fourth-order valence-corrected chi connectivity index (χ4v) is 3.97. The van der Waals surface area contributed by atoms with E-state index in [0.29, 0.717) is 22.2 Å². The van der Waals surface area contributed by atoms with Crippen LogP contribution in [0.4, 0.5) is 5.69 Å². The average Bonchev–Trinajstić information content (AvgIpc) is 2.71. The van der Waals surface area contributed by atoms with Crippen molar-refractivity contribution in [3.63, 3.8) is 0 Å². The number of anilines is 1. The second-order valence-corrected chi connectivity index (χ2v) is 9.93. The van der Waals surface area contributed by atoms with Gasteiger partial charge in [0.1, 0.15) is 5.75 Å². The van der Waals surface area contributed by atoms with Crippen molar-refractivity contribution in [3.8, 4) is 11.5 Å². The summed E-state index contributed by atoms with van der Waals surface area (Å²) in [5.74, 6) is 0.354. The molecule has 31 heavy (non-hydrogen) atoms. The van der Waals surface area contributed by atoms with E-state index in [1.807, 2.05) is 31.2 Å². The fraction of sp³-hybridized carbons (Fsp3) is 0.136. The normalized spacial score (nSPS) is 11.4. The zero-order chi connectivity index (χ0) is 22.8. The molecule has 0 radical (unpaired) electrons. The van der Waals surface area contributed by atoms with Crippen LogP contribution in [0.15, 0.2) is 65.6 Å². The molecule has 3 aromatic carbocycles. The number of ether oxygens (including phenoxy) is 1. The molecule has 0 spiro atoms. The molecule has 1 N–H and O–H groups in total. The first-order chi connectivity index (χ1) is 14.6. The largest absolute Gasteiger partial charge is 0.455 e. The molecule has 0 heterocycles. The summed E-state index contributed by atoms with van der Waals surface area (Å²) in [6, 6.07) is 16.2. The Bertz CT molecular complexity index is 1230. The summed E-state index contributed by atoms with van der Waals surface area (Å²) in [6.45, 7) is 1.96. The highest BCUT2D eigenvalue weighted by Crippen LogP contribution is 2.33. The van der Waals surface area contributed by atoms with Crippen LogP contribution in [0.3, 0.4) is 0 Å². The first kappa shape index (κ1) is 23.1. The van der Waals surface area contributed by atoms with Gasteiger partial charge in [0.2, 0.25) is 10.0 Å². The number of carbonyl (C=O) groups excluding carboxylic acids is 1. The molecule has 0 aromatic heterocycles. The van der Waals surface area contributed by atoms with Crippen molar-refractivity contribution >= 4 is 44.8 Å². The number of halogens is 2. The molecule has 9 heteroatoms. The van der Waals surface area contributed by atoms with E-state index in [4.69, 9.17) is 27.9 Å². The zero-order valence-corrected chi connectivity index (χ0v) is 19.3. The lowest BCUT2D eigenvalue weighted by Crippen LogP contribution is -2.23. The van der Waals surface area contributed by atoms with E-state index in [0.717, 1.165) is 9.87 Å². The van der Waals surface area contributed by atoms with Crippen LogP contribution in [-0.4, -0.2) is 32.7 Å². The summed E-state index contributed by atoms with van der Waals surface area (Å²) in [4.78, 5) is 12.9. The molecule has 0 saturated carbocycles. The summed E-state index contributed by atoms with van der Waals surface area (Å²) in [6.07, 6.45) is 0. The highest BCUT2D eigenvalue weighted by molar-refractivity contribution is 7.89. The number of carbonyl (C=O) groups is 1. The minimum Gasteiger partial charge on any atom is -0.455 e. The van der Waals surface area contributed by atoms with E-state index in [1.54, 1.807) is 12.1 Å². The average molecular weight is 479 g/mol. The summed E-state index contributed by atoms with van der Waals surface area (Å²) < 4.78 is 31.8. The molecule has 3 aromatic rings. The number of hydrogen-bond donors (Lipinski definition) is 1. The molecule has 162 valence electrons. The molecule has 0 bridgehead atoms. The Morgan fingerprint density at radius 2 is 1.65 bits per heavy atom. The molecule has 0 saturated heterocycles. The molecule has 0 aliphatic carbocycles. The number of sulfonamides is 1. The number of rotatable bonds is 6. The molecule has 6 nitrogen and oxygen atoms in total. The van der Waals surface area contributed by atoms with Gasteiger partial charge in [-0.2, -0.15) is 0 Å². The molecule has 0 unspecified atom stereocenters. The predicted octanol–water partition coefficient (Wildman–Crippen LogP) is 5.60. The van der Waals surface area contributed by atoms with Crippen molar-refractivity contribution in [3.05, 3.63) is 81.8 Å². The van der Waals surface area contributed by atoms with Gasteiger partial charge in [0, 0.05) is 19.1 Å². The van der Waals surface area contributed by atoms with Gasteiger partial charge in [-0.15, -0.1) is 0 Å². The third kappa shape index (κ3) is 5.37. The van der Waals surface area contributed by atoms with Gasteiger partial charge in [0.15, 0.2) is 5.75 Å². The number of hydrogen-bond acceptors (Lipinski definition) is 4. The van der Waals surface area contributed by atoms with Crippen LogP contribution in [0.5, 0.6) is 11.5 Å². The van der Waals surface area contributed by atoms with Gasteiger partial charge < -0.3 is 10.1 Å². The maximum atomic E-state index is 12.9. The highest BCUT2D eigenvalue weighted by Gasteiger charge is 2.21. The Hall–Kier alpha value is -2.58. The van der Waals surface area contributed by atoms with Crippen LogP contribution < -0.4 is 10.1 Å². The number of aryl methyl sites for hydroxylation is 1. The lowest BCUT2D eigenvalue weighted by molar-refractivity contribution is 0.102. The minimum atomic E-state index is -3.73. The maximum absolute atomic E-state index is 12.9. The zero-order valence-electron chi connectivity index (χ0n) is 17.0. The lowest BCUT2D eigenvalue weighted by Gasteiger charge is -2.15. The topological polar surface area (TPSA) is 75.7 Å². The van der Waals surface area contributed by atoms with Crippen molar-refractivity contribution in [2.24, 2.45) is 0 Å². The second-order valence-electron chi connectivity index (χ2n) is 6.94. The standard InChI is InChI=1S/C22H20Cl2N2O4S/c1-14-4-7-16(8-5-14)30-21-11-6-15(23)12-20(21)25-22(27)18-13-17(9-10-19(18)24)31(28,29)26(2)3/h4-13H,1-3H3,(H,25,27). The van der Waals surface area contributed by atoms with Gasteiger partial charge in [-0.1, -0.05) is 40.9 Å². The Morgan fingerprint density at radius 1 is 0.968 bits per heavy atom. The van der Waals surface area contributed by atoms with Crippen LogP contribution in [0.2, 0.25) is 10.0 Å². The molecule has 0 aliphatic rings. The van der Waals surface area contributed by atoms with Crippen LogP contribution >= 0.6 is 23.2 Å². The van der Waals surface area contributed by atoms with E-state index in [1.165, 1.54) is 38.4 Å². The van der Waals surface area contributed by atoms with Gasteiger partial charge in [0.05, 0.1) is 21.2 Å². The first-order valence-corrected chi connectivity index (χ1v) is 11.3. The van der Waals surface area contributed by atoms with Crippen LogP contribution in [0.1, 0.15) is 15.9 Å². The number of nitrogens with zero attached hydrogens (tertiary/aromatic N) is 1. The quantitative estimate of drug-likeness (QED) is 0.500. The molecule has 0 fully saturated rings. The van der Waals surface area contributed by atoms with E-state index in [9.17, 15) is 13.2 Å². The molecular weight excluding hydrogens is 459 g/mol. The van der Waals surface area contributed by atoms with Gasteiger partial charge in [-0.3, -0.25) is 4.79 Å². The van der Waals surface area contributed by atoms with Gasteiger partial charge in [-0.05, 0) is 55.5 Å². The summed E-state index contributed by atoms with van der Waals surface area (Å²) >= 11 is 12.3. The Labute approximate surface area is 191 Å². The Balaban J connectivity index is 1.93. The third-order valence-electron chi connectivity index (χ3n) is 4.40. The molecular formula is C22H20Cl2N2O4S. The van der Waals surface area contributed by atoms with E-state index in [2.05, 4.69) is 5.32 Å². The van der Waals surface area contributed by atoms with Crippen LogP contribution in [-0.2, 0) is 10.0 Å². The second kappa shape index (κ2) is 9.28. The number of nitrogens with one attached hydrogen (secondary N) is 1. The summed E-state index contributed by atoms with van der Waals surface area (Å²) in [7, 11) is -0.919. The molecule has 0 aliphatic heterocycles. The van der Waals surface area contributed by atoms with E-state index >= 15 is 0 Å². The smallest absolute Gasteiger partial charge is 0.257 e. The predicted molar refractivity (Wildman–Crippen MR) is 123 cm³/mol. The minimum absolute atomic E-state index is 0.00542. The maximum Gasteiger partial charge on any atom is 0.257 e. The fourth-order valence-electron chi connectivity index (χ4n) is 2.66. The third-order valence-corrected chi connectivity index (χ3v) is 6.78. The number of benzene rings is 3. The van der Waals surface area contributed by atoms with Gasteiger partial charge in [0.25, 0.3) is 5.91 Å². The van der Waals surface area contributed by atoms with Gasteiger partial charge >= 0.3 is 0 Å². The number of amides is 1. The Kier molecular flexibility index (Phi) is 6.91. The SMILES string of the molecule is Cc1ccc(Oc2ccc(Cl)cc2NC(=O)c2cc(S(=O)(=O)N(C)C)ccc2Cl)cc1. The summed E-state index contributed by atoms with van der Waals surface area (Å²) in [5.41, 5.74) is 1.40. The van der Waals surface area contributed by atoms with E-state index in [-0.39, 0.29) is 15.5 Å². The van der Waals surface area contributed by atoms with Crippen LogP contribution in [0.25, 0.3) is 0 Å².